The van der Waals surface area contributed by atoms with Gasteiger partial charge in [0.15, 0.2) is 5.78 Å². The predicted molar refractivity (Wildman–Crippen MR) is 127 cm³/mol. The van der Waals surface area contributed by atoms with E-state index in [-0.39, 0.29) is 22.5 Å². The first-order valence-corrected chi connectivity index (χ1v) is 10.6. The number of ether oxygens (including phenoxy) is 2. The van der Waals surface area contributed by atoms with Gasteiger partial charge in [-0.15, -0.1) is 0 Å². The highest BCUT2D eigenvalue weighted by Crippen LogP contribution is 2.40. The first kappa shape index (κ1) is 24.5. The molecule has 0 unspecified atom stereocenters. The SMILES string of the molecule is CC(C)(C)Oc1cc(OC(C)(C)C)c(C(C)(C)C)cc1/C=C/C(=O)c1ccc(O)cc1. The van der Waals surface area contributed by atoms with Gasteiger partial charge in [0, 0.05) is 22.8 Å². The van der Waals surface area contributed by atoms with Crippen LogP contribution >= 0.6 is 0 Å². The van der Waals surface area contributed by atoms with E-state index in [2.05, 4.69) is 20.8 Å². The van der Waals surface area contributed by atoms with Crippen molar-refractivity contribution in [2.45, 2.75) is 78.9 Å². The van der Waals surface area contributed by atoms with Crippen molar-refractivity contribution >= 4 is 11.9 Å². The number of benzene rings is 2. The Morgan fingerprint density at radius 3 is 1.81 bits per heavy atom. The number of rotatable bonds is 5. The number of ketones is 1. The summed E-state index contributed by atoms with van der Waals surface area (Å²) in [5.74, 6) is 1.43. The van der Waals surface area contributed by atoms with Crippen LogP contribution in [0.5, 0.6) is 17.2 Å². The molecule has 0 amide bonds. The second kappa shape index (κ2) is 8.78. The predicted octanol–water partition coefficient (Wildman–Crippen LogP) is 6.94. The van der Waals surface area contributed by atoms with E-state index in [4.69, 9.17) is 9.47 Å². The van der Waals surface area contributed by atoms with Crippen molar-refractivity contribution in [3.8, 4) is 17.2 Å². The van der Waals surface area contributed by atoms with Crippen LogP contribution in [0.3, 0.4) is 0 Å². The maximum absolute atomic E-state index is 12.6. The van der Waals surface area contributed by atoms with Crippen molar-refractivity contribution in [2.75, 3.05) is 0 Å². The molecule has 0 saturated carbocycles. The minimum Gasteiger partial charge on any atom is -0.508 e. The average molecular weight is 425 g/mol. The van der Waals surface area contributed by atoms with Gasteiger partial charge in [-0.2, -0.15) is 0 Å². The molecule has 0 fully saturated rings. The summed E-state index contributed by atoms with van der Waals surface area (Å²) in [6, 6.07) is 10.2. The van der Waals surface area contributed by atoms with Gasteiger partial charge in [0.25, 0.3) is 0 Å². The molecule has 168 valence electrons. The van der Waals surface area contributed by atoms with E-state index in [1.54, 1.807) is 18.2 Å². The molecule has 0 aliphatic carbocycles. The molecule has 0 heterocycles. The fraction of sp³-hybridized carbons (Fsp3) is 0.444. The molecule has 2 aromatic rings. The molecule has 0 aromatic heterocycles. The molecule has 1 N–H and O–H groups in total. The zero-order chi connectivity index (χ0) is 23.6. The van der Waals surface area contributed by atoms with Crippen molar-refractivity contribution < 1.29 is 19.4 Å². The number of hydrogen-bond acceptors (Lipinski definition) is 4. The smallest absolute Gasteiger partial charge is 0.185 e. The molecule has 0 atom stereocenters. The van der Waals surface area contributed by atoms with Gasteiger partial charge < -0.3 is 14.6 Å². The second-order valence-electron chi connectivity index (χ2n) is 10.8. The summed E-state index contributed by atoms with van der Waals surface area (Å²) in [6.07, 6.45) is 3.32. The molecule has 0 aliphatic rings. The summed E-state index contributed by atoms with van der Waals surface area (Å²) in [5.41, 5.74) is 1.44. The molecule has 4 nitrogen and oxygen atoms in total. The highest BCUT2D eigenvalue weighted by Gasteiger charge is 2.26. The highest BCUT2D eigenvalue weighted by molar-refractivity contribution is 6.07. The Bertz CT molecular complexity index is 947. The van der Waals surface area contributed by atoms with Crippen molar-refractivity contribution in [3.63, 3.8) is 0 Å². The van der Waals surface area contributed by atoms with E-state index in [0.29, 0.717) is 11.3 Å². The van der Waals surface area contributed by atoms with Gasteiger partial charge in [-0.05, 0) is 89.4 Å². The van der Waals surface area contributed by atoms with Crippen molar-refractivity contribution in [1.29, 1.82) is 0 Å². The van der Waals surface area contributed by atoms with Crippen molar-refractivity contribution in [1.82, 2.24) is 0 Å². The minimum absolute atomic E-state index is 0.130. The lowest BCUT2D eigenvalue weighted by Crippen LogP contribution is -2.27. The van der Waals surface area contributed by atoms with Crippen LogP contribution in [0.2, 0.25) is 0 Å². The van der Waals surface area contributed by atoms with Crippen LogP contribution in [-0.4, -0.2) is 22.1 Å². The number of phenolic OH excluding ortho intramolecular Hbond substituents is 1. The third-order valence-corrected chi connectivity index (χ3v) is 4.32. The van der Waals surface area contributed by atoms with Crippen LogP contribution in [0, 0.1) is 0 Å². The van der Waals surface area contributed by atoms with Crippen LogP contribution in [0.4, 0.5) is 0 Å². The quantitative estimate of drug-likeness (QED) is 0.417. The Labute approximate surface area is 186 Å². The van der Waals surface area contributed by atoms with E-state index < -0.39 is 5.60 Å². The summed E-state index contributed by atoms with van der Waals surface area (Å²) in [6.45, 7) is 18.4. The fourth-order valence-electron chi connectivity index (χ4n) is 3.01. The first-order valence-electron chi connectivity index (χ1n) is 10.6. The normalized spacial score (nSPS) is 12.8. The maximum Gasteiger partial charge on any atom is 0.185 e. The minimum atomic E-state index is -0.411. The molecule has 31 heavy (non-hydrogen) atoms. The summed E-state index contributed by atoms with van der Waals surface area (Å²) in [7, 11) is 0. The molecule has 2 aromatic carbocycles. The number of hydrogen-bond donors (Lipinski definition) is 1. The van der Waals surface area contributed by atoms with E-state index in [1.807, 2.05) is 53.7 Å². The summed E-state index contributed by atoms with van der Waals surface area (Å²) in [5, 5.41) is 9.45. The van der Waals surface area contributed by atoms with Crippen molar-refractivity contribution in [3.05, 3.63) is 59.2 Å². The van der Waals surface area contributed by atoms with Gasteiger partial charge in [-0.1, -0.05) is 20.8 Å². The van der Waals surface area contributed by atoms with E-state index >= 15 is 0 Å². The van der Waals surface area contributed by atoms with Crippen LogP contribution < -0.4 is 9.47 Å². The number of allylic oxidation sites excluding steroid dienone is 1. The summed E-state index contributed by atoms with van der Waals surface area (Å²) in [4.78, 5) is 12.6. The first-order chi connectivity index (χ1) is 14.0. The van der Waals surface area contributed by atoms with E-state index in [0.717, 1.165) is 16.9 Å². The molecule has 0 spiro atoms. The Kier molecular flexibility index (Phi) is 6.94. The zero-order valence-electron chi connectivity index (χ0n) is 20.3. The molecule has 0 aliphatic heterocycles. The monoisotopic (exact) mass is 424 g/mol. The third kappa shape index (κ3) is 7.46. The fourth-order valence-corrected chi connectivity index (χ4v) is 3.01. The molecular formula is C27H36O4. The van der Waals surface area contributed by atoms with Crippen LogP contribution in [0.15, 0.2) is 42.5 Å². The van der Waals surface area contributed by atoms with Gasteiger partial charge in [0.1, 0.15) is 28.5 Å². The number of carbonyl (C=O) groups excluding carboxylic acids is 1. The van der Waals surface area contributed by atoms with Gasteiger partial charge in [0.05, 0.1) is 0 Å². The van der Waals surface area contributed by atoms with Crippen molar-refractivity contribution in [2.24, 2.45) is 0 Å². The largest absolute Gasteiger partial charge is 0.508 e. The highest BCUT2D eigenvalue weighted by atomic mass is 16.5. The lowest BCUT2D eigenvalue weighted by molar-refractivity contribution is 0.104. The Morgan fingerprint density at radius 2 is 1.32 bits per heavy atom. The van der Waals surface area contributed by atoms with Gasteiger partial charge in [-0.25, -0.2) is 0 Å². The molecular weight excluding hydrogens is 388 g/mol. The number of aromatic hydroxyl groups is 1. The lowest BCUT2D eigenvalue weighted by atomic mass is 9.85. The Balaban J connectivity index is 2.57. The molecule has 0 bridgehead atoms. The molecule has 2 rings (SSSR count). The van der Waals surface area contributed by atoms with Gasteiger partial charge >= 0.3 is 0 Å². The Morgan fingerprint density at radius 1 is 0.806 bits per heavy atom. The molecule has 0 radical (unpaired) electrons. The van der Waals surface area contributed by atoms with Crippen LogP contribution in [0.25, 0.3) is 6.08 Å². The second-order valence-corrected chi connectivity index (χ2v) is 10.8. The summed E-state index contributed by atoms with van der Waals surface area (Å²) >= 11 is 0. The Hall–Kier alpha value is -2.75. The number of phenols is 1. The topological polar surface area (TPSA) is 55.8 Å². The summed E-state index contributed by atoms with van der Waals surface area (Å²) < 4.78 is 12.5. The standard InChI is InChI=1S/C27H36O4/c1-25(2,3)21-16-19(12-15-22(29)18-10-13-20(28)14-11-18)23(30-26(4,5)6)17-24(21)31-27(7,8)9/h10-17,28H,1-9H3/b15-12+. The lowest BCUT2D eigenvalue weighted by Gasteiger charge is -2.30. The third-order valence-electron chi connectivity index (χ3n) is 4.32. The van der Waals surface area contributed by atoms with E-state index in [1.165, 1.54) is 18.2 Å². The zero-order valence-corrected chi connectivity index (χ0v) is 20.3. The molecule has 4 heteroatoms. The van der Waals surface area contributed by atoms with Gasteiger partial charge in [0.2, 0.25) is 0 Å². The van der Waals surface area contributed by atoms with E-state index in [9.17, 15) is 9.90 Å². The average Bonchev–Trinajstić information content (AvgIpc) is 2.57. The van der Waals surface area contributed by atoms with Crippen LogP contribution in [-0.2, 0) is 5.41 Å². The molecule has 0 saturated heterocycles. The van der Waals surface area contributed by atoms with Crippen LogP contribution in [0.1, 0.15) is 83.8 Å². The van der Waals surface area contributed by atoms with Gasteiger partial charge in [-0.3, -0.25) is 4.79 Å². The maximum atomic E-state index is 12.6. The number of carbonyl (C=O) groups is 1.